The van der Waals surface area contributed by atoms with Gasteiger partial charge in [-0.2, -0.15) is 0 Å². The van der Waals surface area contributed by atoms with Crippen LogP contribution in [0.2, 0.25) is 0 Å². The lowest BCUT2D eigenvalue weighted by atomic mass is 10.1. The van der Waals surface area contributed by atoms with Gasteiger partial charge in [-0.05, 0) is 37.1 Å². The van der Waals surface area contributed by atoms with E-state index < -0.39 is 0 Å². The molecule has 0 heterocycles. The van der Waals surface area contributed by atoms with Crippen molar-refractivity contribution in [2.75, 3.05) is 6.54 Å². The van der Waals surface area contributed by atoms with Gasteiger partial charge in [0.05, 0.1) is 12.6 Å². The Balaban J connectivity index is 1.89. The minimum atomic E-state index is -0.244. The van der Waals surface area contributed by atoms with Crippen LogP contribution in [0.25, 0.3) is 0 Å². The fourth-order valence-electron chi connectivity index (χ4n) is 2.28. The Kier molecular flexibility index (Phi) is 5.93. The first kappa shape index (κ1) is 17.2. The number of rotatable bonds is 5. The Morgan fingerprint density at radius 3 is 2.43 bits per heavy atom. The molecule has 2 rings (SSSR count). The van der Waals surface area contributed by atoms with Crippen molar-refractivity contribution in [3.8, 4) is 0 Å². The van der Waals surface area contributed by atoms with Crippen LogP contribution in [0.3, 0.4) is 0 Å². The predicted molar refractivity (Wildman–Crippen MR) is 94.2 cm³/mol. The average Bonchev–Trinajstić information content (AvgIpc) is 2.53. The van der Waals surface area contributed by atoms with Crippen LogP contribution in [0.15, 0.2) is 53.0 Å². The Labute approximate surface area is 144 Å². The van der Waals surface area contributed by atoms with Crippen molar-refractivity contribution in [2.24, 2.45) is 0 Å². The van der Waals surface area contributed by atoms with E-state index in [1.54, 1.807) is 12.1 Å². The second-order valence-corrected chi connectivity index (χ2v) is 6.16. The smallest absolute Gasteiger partial charge is 0.251 e. The van der Waals surface area contributed by atoms with E-state index in [9.17, 15) is 9.59 Å². The first-order chi connectivity index (χ1) is 11.0. The van der Waals surface area contributed by atoms with Crippen molar-refractivity contribution < 1.29 is 9.59 Å². The average molecular weight is 375 g/mol. The summed E-state index contributed by atoms with van der Waals surface area (Å²) in [6.45, 7) is 3.72. The van der Waals surface area contributed by atoms with Crippen molar-refractivity contribution in [3.05, 3.63) is 69.7 Å². The third-order valence-electron chi connectivity index (χ3n) is 3.55. The number of hydrogen-bond acceptors (Lipinski definition) is 2. The Hall–Kier alpha value is -2.14. The second-order valence-electron chi connectivity index (χ2n) is 5.31. The molecule has 1 atom stereocenters. The maximum atomic E-state index is 12.1. The van der Waals surface area contributed by atoms with Crippen molar-refractivity contribution in [1.82, 2.24) is 10.6 Å². The maximum absolute atomic E-state index is 12.1. The standard InChI is InChI=1S/C18H19BrN2O2/c1-12-7-3-4-8-14(12)18(23)20-11-17(22)21-13(2)15-9-5-6-10-16(15)19/h3-10,13H,11H2,1-2H3,(H,20,23)(H,21,22). The van der Waals surface area contributed by atoms with Gasteiger partial charge in [-0.25, -0.2) is 0 Å². The van der Waals surface area contributed by atoms with E-state index in [-0.39, 0.29) is 24.4 Å². The molecule has 4 nitrogen and oxygen atoms in total. The lowest BCUT2D eigenvalue weighted by molar-refractivity contribution is -0.120. The summed E-state index contributed by atoms with van der Waals surface area (Å²) in [5, 5.41) is 5.52. The highest BCUT2D eigenvalue weighted by Gasteiger charge is 2.14. The van der Waals surface area contributed by atoms with E-state index in [1.165, 1.54) is 0 Å². The molecule has 0 fully saturated rings. The summed E-state index contributed by atoms with van der Waals surface area (Å²) < 4.78 is 0.941. The minimum absolute atomic E-state index is 0.0536. The van der Waals surface area contributed by atoms with E-state index in [4.69, 9.17) is 0 Å². The van der Waals surface area contributed by atoms with Gasteiger partial charge in [-0.3, -0.25) is 9.59 Å². The summed E-state index contributed by atoms with van der Waals surface area (Å²) in [4.78, 5) is 24.1. The van der Waals surface area contributed by atoms with Gasteiger partial charge < -0.3 is 10.6 Å². The molecule has 2 aromatic carbocycles. The molecule has 0 saturated heterocycles. The maximum Gasteiger partial charge on any atom is 0.251 e. The van der Waals surface area contributed by atoms with E-state index >= 15 is 0 Å². The van der Waals surface area contributed by atoms with Gasteiger partial charge in [0.1, 0.15) is 0 Å². The molecule has 0 aromatic heterocycles. The van der Waals surface area contributed by atoms with Gasteiger partial charge in [-0.1, -0.05) is 52.3 Å². The summed E-state index contributed by atoms with van der Waals surface area (Å²) in [7, 11) is 0. The molecule has 0 aliphatic carbocycles. The van der Waals surface area contributed by atoms with Crippen LogP contribution in [-0.4, -0.2) is 18.4 Å². The fourth-order valence-corrected chi connectivity index (χ4v) is 2.91. The van der Waals surface area contributed by atoms with Crippen molar-refractivity contribution >= 4 is 27.7 Å². The molecular formula is C18H19BrN2O2. The van der Waals surface area contributed by atoms with Gasteiger partial charge >= 0.3 is 0 Å². The molecule has 0 radical (unpaired) electrons. The van der Waals surface area contributed by atoms with Crippen molar-refractivity contribution in [3.63, 3.8) is 0 Å². The molecule has 0 spiro atoms. The highest BCUT2D eigenvalue weighted by Crippen LogP contribution is 2.22. The number of hydrogen-bond donors (Lipinski definition) is 2. The lowest BCUT2D eigenvalue weighted by Gasteiger charge is -2.16. The molecule has 2 N–H and O–H groups in total. The van der Waals surface area contributed by atoms with E-state index in [0.29, 0.717) is 5.56 Å². The molecule has 0 saturated carbocycles. The van der Waals surface area contributed by atoms with Crippen molar-refractivity contribution in [2.45, 2.75) is 19.9 Å². The van der Waals surface area contributed by atoms with E-state index in [0.717, 1.165) is 15.6 Å². The zero-order chi connectivity index (χ0) is 16.8. The number of amides is 2. The molecule has 1 unspecified atom stereocenters. The van der Waals surface area contributed by atoms with Gasteiger partial charge in [0.15, 0.2) is 0 Å². The number of carbonyl (C=O) groups excluding carboxylic acids is 2. The summed E-state index contributed by atoms with van der Waals surface area (Å²) in [5.74, 6) is -0.470. The summed E-state index contributed by atoms with van der Waals surface area (Å²) in [6.07, 6.45) is 0. The van der Waals surface area contributed by atoms with E-state index in [1.807, 2.05) is 50.2 Å². The molecule has 23 heavy (non-hydrogen) atoms. The van der Waals surface area contributed by atoms with Crippen molar-refractivity contribution in [1.29, 1.82) is 0 Å². The molecule has 0 bridgehead atoms. The Morgan fingerprint density at radius 1 is 1.09 bits per heavy atom. The summed E-state index contributed by atoms with van der Waals surface area (Å²) in [6, 6.07) is 14.9. The van der Waals surface area contributed by atoms with Gasteiger partial charge in [0, 0.05) is 10.0 Å². The van der Waals surface area contributed by atoms with Gasteiger partial charge in [0.2, 0.25) is 5.91 Å². The third kappa shape index (κ3) is 4.66. The van der Waals surface area contributed by atoms with Crippen LogP contribution in [0.4, 0.5) is 0 Å². The quantitative estimate of drug-likeness (QED) is 0.842. The van der Waals surface area contributed by atoms with Crippen LogP contribution in [0.1, 0.15) is 34.5 Å². The van der Waals surface area contributed by atoms with Crippen LogP contribution in [-0.2, 0) is 4.79 Å². The molecule has 2 amide bonds. The van der Waals surface area contributed by atoms with Gasteiger partial charge in [0.25, 0.3) is 5.91 Å². The molecule has 0 aliphatic heterocycles. The third-order valence-corrected chi connectivity index (χ3v) is 4.27. The number of carbonyl (C=O) groups is 2. The monoisotopic (exact) mass is 374 g/mol. The van der Waals surface area contributed by atoms with Crippen LogP contribution in [0, 0.1) is 6.92 Å². The topological polar surface area (TPSA) is 58.2 Å². The Morgan fingerprint density at radius 2 is 1.74 bits per heavy atom. The van der Waals surface area contributed by atoms with Crippen LogP contribution < -0.4 is 10.6 Å². The lowest BCUT2D eigenvalue weighted by Crippen LogP contribution is -2.38. The highest BCUT2D eigenvalue weighted by atomic mass is 79.9. The molecular weight excluding hydrogens is 356 g/mol. The number of nitrogens with one attached hydrogen (secondary N) is 2. The fraction of sp³-hybridized carbons (Fsp3) is 0.222. The minimum Gasteiger partial charge on any atom is -0.348 e. The summed E-state index contributed by atoms with van der Waals surface area (Å²) in [5.41, 5.74) is 2.46. The molecule has 0 aliphatic rings. The van der Waals surface area contributed by atoms with E-state index in [2.05, 4.69) is 26.6 Å². The number of aryl methyl sites for hydroxylation is 1. The first-order valence-corrected chi connectivity index (χ1v) is 8.16. The normalized spacial score (nSPS) is 11.6. The van der Waals surface area contributed by atoms with Crippen LogP contribution >= 0.6 is 15.9 Å². The SMILES string of the molecule is Cc1ccccc1C(=O)NCC(=O)NC(C)c1ccccc1Br. The first-order valence-electron chi connectivity index (χ1n) is 7.36. The van der Waals surface area contributed by atoms with Gasteiger partial charge in [-0.15, -0.1) is 0 Å². The second kappa shape index (κ2) is 7.92. The number of benzene rings is 2. The zero-order valence-electron chi connectivity index (χ0n) is 13.1. The predicted octanol–water partition coefficient (Wildman–Crippen LogP) is 3.36. The summed E-state index contributed by atoms with van der Waals surface area (Å²) >= 11 is 3.47. The zero-order valence-corrected chi connectivity index (χ0v) is 14.7. The Bertz CT molecular complexity index is 716. The molecule has 5 heteroatoms. The number of halogens is 1. The molecule has 120 valence electrons. The largest absolute Gasteiger partial charge is 0.348 e. The highest BCUT2D eigenvalue weighted by molar-refractivity contribution is 9.10. The molecule has 2 aromatic rings. The van der Waals surface area contributed by atoms with Crippen LogP contribution in [0.5, 0.6) is 0 Å².